The average molecular weight is 273 g/mol. The standard InChI is InChI=1S/C15H19N3O2/c1-3-13-8-9-14(20-13)10-17-11-4-6-12(7-5-11)18-15(19)16-2/h4-9,17H,3,10H2,1-2H3,(H2,16,18,19). The zero-order valence-corrected chi connectivity index (χ0v) is 11.7. The van der Waals surface area contributed by atoms with Gasteiger partial charge in [-0.25, -0.2) is 4.79 Å². The normalized spacial score (nSPS) is 10.1. The summed E-state index contributed by atoms with van der Waals surface area (Å²) in [6.45, 7) is 2.70. The Morgan fingerprint density at radius 3 is 2.30 bits per heavy atom. The first-order valence-electron chi connectivity index (χ1n) is 6.61. The molecule has 2 amide bonds. The number of carbonyl (C=O) groups is 1. The van der Waals surface area contributed by atoms with Gasteiger partial charge in [0.2, 0.25) is 0 Å². The lowest BCUT2D eigenvalue weighted by Gasteiger charge is -2.07. The van der Waals surface area contributed by atoms with E-state index in [1.165, 1.54) is 0 Å². The topological polar surface area (TPSA) is 66.3 Å². The van der Waals surface area contributed by atoms with E-state index in [0.717, 1.165) is 29.3 Å². The SMILES string of the molecule is CCc1ccc(CNc2ccc(NC(=O)NC)cc2)o1. The van der Waals surface area contributed by atoms with E-state index in [9.17, 15) is 4.79 Å². The highest BCUT2D eigenvalue weighted by Crippen LogP contribution is 2.15. The molecule has 0 bridgehead atoms. The highest BCUT2D eigenvalue weighted by atomic mass is 16.3. The summed E-state index contributed by atoms with van der Waals surface area (Å²) in [6, 6.07) is 11.3. The first-order valence-corrected chi connectivity index (χ1v) is 6.61. The quantitative estimate of drug-likeness (QED) is 0.783. The molecule has 0 radical (unpaired) electrons. The molecule has 0 aliphatic rings. The number of rotatable bonds is 5. The number of benzene rings is 1. The van der Waals surface area contributed by atoms with Gasteiger partial charge in [-0.1, -0.05) is 6.92 Å². The number of urea groups is 1. The van der Waals surface area contributed by atoms with Crippen LogP contribution >= 0.6 is 0 Å². The number of amides is 2. The molecule has 106 valence electrons. The largest absolute Gasteiger partial charge is 0.464 e. The van der Waals surface area contributed by atoms with Gasteiger partial charge in [0.05, 0.1) is 6.54 Å². The molecule has 0 fully saturated rings. The van der Waals surface area contributed by atoms with Crippen molar-refractivity contribution in [2.45, 2.75) is 19.9 Å². The summed E-state index contributed by atoms with van der Waals surface area (Å²) in [6.07, 6.45) is 0.903. The van der Waals surface area contributed by atoms with Gasteiger partial charge in [-0.3, -0.25) is 0 Å². The molecule has 1 aromatic heterocycles. The van der Waals surface area contributed by atoms with E-state index in [1.54, 1.807) is 7.05 Å². The molecule has 0 spiro atoms. The predicted octanol–water partition coefficient (Wildman–Crippen LogP) is 3.21. The van der Waals surface area contributed by atoms with E-state index >= 15 is 0 Å². The van der Waals surface area contributed by atoms with Crippen molar-refractivity contribution < 1.29 is 9.21 Å². The fourth-order valence-corrected chi connectivity index (χ4v) is 1.76. The van der Waals surface area contributed by atoms with Gasteiger partial charge in [-0.05, 0) is 36.4 Å². The molecule has 0 aliphatic heterocycles. The number of nitrogens with one attached hydrogen (secondary N) is 3. The fourth-order valence-electron chi connectivity index (χ4n) is 1.76. The maximum atomic E-state index is 11.2. The van der Waals surface area contributed by atoms with Gasteiger partial charge in [0.1, 0.15) is 11.5 Å². The molecule has 0 saturated heterocycles. The number of carbonyl (C=O) groups excluding carboxylic acids is 1. The zero-order valence-electron chi connectivity index (χ0n) is 11.7. The lowest BCUT2D eigenvalue weighted by Crippen LogP contribution is -2.24. The minimum absolute atomic E-state index is 0.228. The average Bonchev–Trinajstić information content (AvgIpc) is 2.94. The van der Waals surface area contributed by atoms with Gasteiger partial charge in [-0.2, -0.15) is 0 Å². The van der Waals surface area contributed by atoms with Crippen molar-refractivity contribution in [2.75, 3.05) is 17.7 Å². The van der Waals surface area contributed by atoms with Gasteiger partial charge in [0.25, 0.3) is 0 Å². The highest BCUT2D eigenvalue weighted by Gasteiger charge is 2.01. The molecule has 0 saturated carbocycles. The molecule has 2 rings (SSSR count). The molecule has 1 aromatic carbocycles. The summed E-state index contributed by atoms with van der Waals surface area (Å²) in [5.41, 5.74) is 1.73. The van der Waals surface area contributed by atoms with Gasteiger partial charge in [0, 0.05) is 24.8 Å². The van der Waals surface area contributed by atoms with Crippen molar-refractivity contribution in [2.24, 2.45) is 0 Å². The Morgan fingerprint density at radius 1 is 1.05 bits per heavy atom. The number of hydrogen-bond acceptors (Lipinski definition) is 3. The van der Waals surface area contributed by atoms with Crippen LogP contribution in [0.4, 0.5) is 16.2 Å². The molecule has 0 atom stereocenters. The predicted molar refractivity (Wildman–Crippen MR) is 79.9 cm³/mol. The summed E-state index contributed by atoms with van der Waals surface area (Å²) < 4.78 is 5.62. The Labute approximate surface area is 118 Å². The molecular weight excluding hydrogens is 254 g/mol. The van der Waals surface area contributed by atoms with E-state index in [-0.39, 0.29) is 6.03 Å². The van der Waals surface area contributed by atoms with Crippen LogP contribution in [0, 0.1) is 0 Å². The summed E-state index contributed by atoms with van der Waals surface area (Å²) in [5.74, 6) is 1.90. The molecular formula is C15H19N3O2. The number of hydrogen-bond donors (Lipinski definition) is 3. The second kappa shape index (κ2) is 6.65. The van der Waals surface area contributed by atoms with Crippen LogP contribution in [-0.2, 0) is 13.0 Å². The second-order valence-electron chi connectivity index (χ2n) is 4.36. The van der Waals surface area contributed by atoms with E-state index < -0.39 is 0 Å². The Hall–Kier alpha value is -2.43. The van der Waals surface area contributed by atoms with Crippen molar-refractivity contribution in [3.8, 4) is 0 Å². The zero-order chi connectivity index (χ0) is 14.4. The third-order valence-corrected chi connectivity index (χ3v) is 2.90. The van der Waals surface area contributed by atoms with Crippen molar-refractivity contribution in [3.05, 3.63) is 47.9 Å². The summed E-state index contributed by atoms with van der Waals surface area (Å²) in [5, 5.41) is 8.48. The number of anilines is 2. The summed E-state index contributed by atoms with van der Waals surface area (Å²) in [4.78, 5) is 11.2. The van der Waals surface area contributed by atoms with E-state index in [2.05, 4.69) is 22.9 Å². The molecule has 2 aromatic rings. The molecule has 0 aliphatic carbocycles. The van der Waals surface area contributed by atoms with Crippen LogP contribution in [0.2, 0.25) is 0 Å². The molecule has 5 heteroatoms. The van der Waals surface area contributed by atoms with Gasteiger partial charge >= 0.3 is 6.03 Å². The first-order chi connectivity index (χ1) is 9.71. The van der Waals surface area contributed by atoms with E-state index in [0.29, 0.717) is 6.54 Å². The van der Waals surface area contributed by atoms with Crippen molar-refractivity contribution in [1.29, 1.82) is 0 Å². The third kappa shape index (κ3) is 3.78. The van der Waals surface area contributed by atoms with E-state index in [4.69, 9.17) is 4.42 Å². The Kier molecular flexibility index (Phi) is 4.65. The minimum Gasteiger partial charge on any atom is -0.464 e. The third-order valence-electron chi connectivity index (χ3n) is 2.90. The maximum Gasteiger partial charge on any atom is 0.318 e. The monoisotopic (exact) mass is 273 g/mol. The van der Waals surface area contributed by atoms with E-state index in [1.807, 2.05) is 36.4 Å². The lowest BCUT2D eigenvalue weighted by molar-refractivity contribution is 0.254. The Balaban J connectivity index is 1.88. The lowest BCUT2D eigenvalue weighted by atomic mass is 10.2. The Morgan fingerprint density at radius 2 is 1.70 bits per heavy atom. The van der Waals surface area contributed by atoms with Gasteiger partial charge in [-0.15, -0.1) is 0 Å². The molecule has 20 heavy (non-hydrogen) atoms. The number of aryl methyl sites for hydroxylation is 1. The molecule has 0 unspecified atom stereocenters. The van der Waals surface area contributed by atoms with Crippen LogP contribution in [0.5, 0.6) is 0 Å². The highest BCUT2D eigenvalue weighted by molar-refractivity contribution is 5.89. The molecule has 3 N–H and O–H groups in total. The minimum atomic E-state index is -0.228. The fraction of sp³-hybridized carbons (Fsp3) is 0.267. The van der Waals surface area contributed by atoms with Crippen LogP contribution in [0.25, 0.3) is 0 Å². The van der Waals surface area contributed by atoms with Crippen LogP contribution in [0.1, 0.15) is 18.4 Å². The van der Waals surface area contributed by atoms with Crippen molar-refractivity contribution >= 4 is 17.4 Å². The first kappa shape index (κ1) is 14.0. The van der Waals surface area contributed by atoms with Crippen molar-refractivity contribution in [1.82, 2.24) is 5.32 Å². The molecule has 5 nitrogen and oxygen atoms in total. The van der Waals surface area contributed by atoms with Crippen LogP contribution in [0.3, 0.4) is 0 Å². The summed E-state index contributed by atoms with van der Waals surface area (Å²) >= 11 is 0. The number of furan rings is 1. The van der Waals surface area contributed by atoms with Gasteiger partial charge < -0.3 is 20.4 Å². The summed E-state index contributed by atoms with van der Waals surface area (Å²) in [7, 11) is 1.58. The molecule has 1 heterocycles. The smallest absolute Gasteiger partial charge is 0.318 e. The van der Waals surface area contributed by atoms with Crippen LogP contribution in [-0.4, -0.2) is 13.1 Å². The maximum absolute atomic E-state index is 11.2. The van der Waals surface area contributed by atoms with Gasteiger partial charge in [0.15, 0.2) is 0 Å². The van der Waals surface area contributed by atoms with Crippen molar-refractivity contribution in [3.63, 3.8) is 0 Å². The van der Waals surface area contributed by atoms with Crippen LogP contribution in [0.15, 0.2) is 40.8 Å². The van der Waals surface area contributed by atoms with Crippen LogP contribution < -0.4 is 16.0 Å². The second-order valence-corrected chi connectivity index (χ2v) is 4.36. The Bertz CT molecular complexity index is 561.